The van der Waals surface area contributed by atoms with Crippen LogP contribution < -0.4 is 4.74 Å². The smallest absolute Gasteiger partial charge is 0.119 e. The first-order valence-electron chi connectivity index (χ1n) is 6.82. The minimum atomic E-state index is -0.407. The third kappa shape index (κ3) is 3.83. The lowest BCUT2D eigenvalue weighted by molar-refractivity contribution is 0.173. The maximum Gasteiger partial charge on any atom is 0.119 e. The zero-order chi connectivity index (χ0) is 14.4. The highest BCUT2D eigenvalue weighted by atomic mass is 16.5. The van der Waals surface area contributed by atoms with Crippen molar-refractivity contribution in [3.8, 4) is 5.75 Å². The number of hydrogen-bond donors (Lipinski definition) is 2. The van der Waals surface area contributed by atoms with Crippen LogP contribution in [0.1, 0.15) is 36.1 Å². The van der Waals surface area contributed by atoms with Gasteiger partial charge in [0.25, 0.3) is 0 Å². The minimum Gasteiger partial charge on any atom is -0.489 e. The second-order valence-electron chi connectivity index (χ2n) is 4.76. The van der Waals surface area contributed by atoms with Crippen LogP contribution in [-0.2, 0) is 13.2 Å². The standard InChI is InChI=1S/C17H20O3/c1-2-17(19)15-7-9-16(10-8-15)20-12-14-5-3-13(11-18)4-6-14/h3-10,17-19H,2,11-12H2,1H3/t17-/m0/s1. The molecule has 2 aromatic carbocycles. The molecule has 0 aliphatic heterocycles. The monoisotopic (exact) mass is 272 g/mol. The van der Waals surface area contributed by atoms with Gasteiger partial charge in [0.15, 0.2) is 0 Å². The van der Waals surface area contributed by atoms with Crippen LogP contribution in [0.4, 0.5) is 0 Å². The molecule has 0 radical (unpaired) electrons. The van der Waals surface area contributed by atoms with Crippen molar-refractivity contribution in [3.63, 3.8) is 0 Å². The highest BCUT2D eigenvalue weighted by Crippen LogP contribution is 2.20. The van der Waals surface area contributed by atoms with E-state index in [0.717, 1.165) is 22.4 Å². The molecular formula is C17H20O3. The van der Waals surface area contributed by atoms with Crippen molar-refractivity contribution in [1.82, 2.24) is 0 Å². The second-order valence-corrected chi connectivity index (χ2v) is 4.76. The van der Waals surface area contributed by atoms with E-state index in [-0.39, 0.29) is 6.61 Å². The van der Waals surface area contributed by atoms with Crippen molar-refractivity contribution in [2.75, 3.05) is 0 Å². The minimum absolute atomic E-state index is 0.0579. The second kappa shape index (κ2) is 7.08. The number of aliphatic hydroxyl groups excluding tert-OH is 2. The summed E-state index contributed by atoms with van der Waals surface area (Å²) in [6, 6.07) is 15.2. The molecule has 0 spiro atoms. The van der Waals surface area contributed by atoms with E-state index in [0.29, 0.717) is 13.0 Å². The van der Waals surface area contributed by atoms with E-state index in [1.807, 2.05) is 55.5 Å². The van der Waals surface area contributed by atoms with Gasteiger partial charge in [-0.1, -0.05) is 43.3 Å². The number of rotatable bonds is 6. The summed E-state index contributed by atoms with van der Waals surface area (Å²) in [6.45, 7) is 2.49. The van der Waals surface area contributed by atoms with Crippen LogP contribution in [0.3, 0.4) is 0 Å². The van der Waals surface area contributed by atoms with Crippen LogP contribution in [0.15, 0.2) is 48.5 Å². The van der Waals surface area contributed by atoms with Gasteiger partial charge in [-0.25, -0.2) is 0 Å². The summed E-state index contributed by atoms with van der Waals surface area (Å²) in [5.74, 6) is 0.781. The third-order valence-electron chi connectivity index (χ3n) is 3.26. The van der Waals surface area contributed by atoms with E-state index in [9.17, 15) is 5.11 Å². The largest absolute Gasteiger partial charge is 0.489 e. The predicted molar refractivity (Wildman–Crippen MR) is 78.4 cm³/mol. The maximum atomic E-state index is 9.72. The summed E-state index contributed by atoms with van der Waals surface area (Å²) < 4.78 is 5.69. The fourth-order valence-corrected chi connectivity index (χ4v) is 1.93. The Balaban J connectivity index is 1.93. The first-order chi connectivity index (χ1) is 9.72. The molecule has 0 bridgehead atoms. The third-order valence-corrected chi connectivity index (χ3v) is 3.26. The van der Waals surface area contributed by atoms with Crippen molar-refractivity contribution in [3.05, 3.63) is 65.2 Å². The van der Waals surface area contributed by atoms with Crippen molar-refractivity contribution in [2.24, 2.45) is 0 Å². The average Bonchev–Trinajstić information content (AvgIpc) is 2.53. The SMILES string of the molecule is CC[C@H](O)c1ccc(OCc2ccc(CO)cc2)cc1. The summed E-state index contributed by atoms with van der Waals surface area (Å²) in [7, 11) is 0. The van der Waals surface area contributed by atoms with Gasteiger partial charge in [-0.15, -0.1) is 0 Å². The summed E-state index contributed by atoms with van der Waals surface area (Å²) >= 11 is 0. The van der Waals surface area contributed by atoms with Crippen molar-refractivity contribution in [1.29, 1.82) is 0 Å². The first-order valence-corrected chi connectivity index (χ1v) is 6.82. The topological polar surface area (TPSA) is 49.7 Å². The lowest BCUT2D eigenvalue weighted by atomic mass is 10.1. The summed E-state index contributed by atoms with van der Waals surface area (Å²) in [5, 5.41) is 18.7. The van der Waals surface area contributed by atoms with Gasteiger partial charge in [0, 0.05) is 0 Å². The molecule has 106 valence electrons. The van der Waals surface area contributed by atoms with Crippen molar-refractivity contribution < 1.29 is 14.9 Å². The van der Waals surface area contributed by atoms with Gasteiger partial charge < -0.3 is 14.9 Å². The van der Waals surface area contributed by atoms with E-state index >= 15 is 0 Å². The summed E-state index contributed by atoms with van der Waals surface area (Å²) in [4.78, 5) is 0. The molecule has 20 heavy (non-hydrogen) atoms. The van der Waals surface area contributed by atoms with E-state index in [4.69, 9.17) is 9.84 Å². The molecule has 2 N–H and O–H groups in total. The number of benzene rings is 2. The van der Waals surface area contributed by atoms with Crippen LogP contribution in [0, 0.1) is 0 Å². The Bertz CT molecular complexity index is 517. The van der Waals surface area contributed by atoms with Gasteiger partial charge in [0.2, 0.25) is 0 Å². The van der Waals surface area contributed by atoms with Crippen LogP contribution in [0.2, 0.25) is 0 Å². The molecule has 0 unspecified atom stereocenters. The Hall–Kier alpha value is -1.84. The molecule has 3 nitrogen and oxygen atoms in total. The molecule has 0 saturated carbocycles. The van der Waals surface area contributed by atoms with E-state index in [2.05, 4.69) is 0 Å². The molecule has 0 heterocycles. The van der Waals surface area contributed by atoms with E-state index in [1.165, 1.54) is 0 Å². The predicted octanol–water partition coefficient (Wildman–Crippen LogP) is 3.20. The highest BCUT2D eigenvalue weighted by molar-refractivity contribution is 5.29. The van der Waals surface area contributed by atoms with Gasteiger partial charge in [-0.2, -0.15) is 0 Å². The normalized spacial score (nSPS) is 12.2. The molecule has 1 atom stereocenters. The Morgan fingerprint density at radius 1 is 0.950 bits per heavy atom. The Labute approximate surface area is 119 Å². The van der Waals surface area contributed by atoms with Crippen LogP contribution in [0.25, 0.3) is 0 Å². The van der Waals surface area contributed by atoms with Crippen LogP contribution >= 0.6 is 0 Å². The highest BCUT2D eigenvalue weighted by Gasteiger charge is 2.04. The van der Waals surface area contributed by atoms with Gasteiger partial charge in [-0.3, -0.25) is 0 Å². The lowest BCUT2D eigenvalue weighted by Crippen LogP contribution is -1.98. The van der Waals surface area contributed by atoms with E-state index in [1.54, 1.807) is 0 Å². The Kier molecular flexibility index (Phi) is 5.16. The molecule has 0 aliphatic carbocycles. The number of ether oxygens (including phenoxy) is 1. The fraction of sp³-hybridized carbons (Fsp3) is 0.294. The molecule has 0 saturated heterocycles. The first kappa shape index (κ1) is 14.6. The summed E-state index contributed by atoms with van der Waals surface area (Å²) in [6.07, 6.45) is 0.298. The van der Waals surface area contributed by atoms with Gasteiger partial charge >= 0.3 is 0 Å². The quantitative estimate of drug-likeness (QED) is 0.849. The molecule has 0 aliphatic rings. The number of hydrogen-bond acceptors (Lipinski definition) is 3. The van der Waals surface area contributed by atoms with Crippen LogP contribution in [-0.4, -0.2) is 10.2 Å². The maximum absolute atomic E-state index is 9.72. The molecule has 2 aromatic rings. The molecule has 2 rings (SSSR count). The van der Waals surface area contributed by atoms with Gasteiger partial charge in [-0.05, 0) is 35.2 Å². The lowest BCUT2D eigenvalue weighted by Gasteiger charge is -2.10. The van der Waals surface area contributed by atoms with Crippen molar-refractivity contribution in [2.45, 2.75) is 32.7 Å². The summed E-state index contributed by atoms with van der Waals surface area (Å²) in [5.41, 5.74) is 2.86. The fourth-order valence-electron chi connectivity index (χ4n) is 1.93. The van der Waals surface area contributed by atoms with Crippen LogP contribution in [0.5, 0.6) is 5.75 Å². The van der Waals surface area contributed by atoms with Gasteiger partial charge in [0.1, 0.15) is 12.4 Å². The zero-order valence-corrected chi connectivity index (χ0v) is 11.6. The van der Waals surface area contributed by atoms with E-state index < -0.39 is 6.10 Å². The van der Waals surface area contributed by atoms with Gasteiger partial charge in [0.05, 0.1) is 12.7 Å². The molecule has 0 fully saturated rings. The molecular weight excluding hydrogens is 252 g/mol. The molecule has 3 heteroatoms. The Morgan fingerprint density at radius 3 is 2.10 bits per heavy atom. The molecule has 0 aromatic heterocycles. The molecule has 0 amide bonds. The Morgan fingerprint density at radius 2 is 1.55 bits per heavy atom. The zero-order valence-electron chi connectivity index (χ0n) is 11.6. The number of aliphatic hydroxyl groups is 2. The van der Waals surface area contributed by atoms with Crippen molar-refractivity contribution >= 4 is 0 Å². The average molecular weight is 272 g/mol.